The molecule has 4 aromatic rings. The van der Waals surface area contributed by atoms with Gasteiger partial charge in [-0.15, -0.1) is 0 Å². The molecule has 0 saturated carbocycles. The number of nitriles is 1. The van der Waals surface area contributed by atoms with Crippen LogP contribution in [0.25, 0.3) is 33.1 Å². The second-order valence-electron chi connectivity index (χ2n) is 7.22. The summed E-state index contributed by atoms with van der Waals surface area (Å²) < 4.78 is 0. The lowest BCUT2D eigenvalue weighted by Crippen LogP contribution is -2.26. The lowest BCUT2D eigenvalue weighted by molar-refractivity contribution is 0.0794. The van der Waals surface area contributed by atoms with Crippen LogP contribution in [0.3, 0.4) is 0 Å². The molecule has 5 rings (SSSR count). The monoisotopic (exact) mass is 379 g/mol. The van der Waals surface area contributed by atoms with Gasteiger partial charge in [0.05, 0.1) is 29.2 Å². The highest BCUT2D eigenvalue weighted by Crippen LogP contribution is 2.37. The molecule has 6 heteroatoms. The van der Waals surface area contributed by atoms with Crippen molar-refractivity contribution in [2.24, 2.45) is 0 Å². The largest absolute Gasteiger partial charge is 0.398 e. The molecule has 1 aliphatic rings. The van der Waals surface area contributed by atoms with E-state index in [2.05, 4.69) is 22.6 Å². The molecule has 0 fully saturated rings. The first-order valence-electron chi connectivity index (χ1n) is 9.22. The van der Waals surface area contributed by atoms with Gasteiger partial charge < -0.3 is 15.6 Å². The van der Waals surface area contributed by atoms with Crippen LogP contribution in [-0.4, -0.2) is 27.3 Å². The maximum atomic E-state index is 12.9. The topological polar surface area (TPSA) is 98.8 Å². The van der Waals surface area contributed by atoms with Gasteiger partial charge in [0.15, 0.2) is 0 Å². The van der Waals surface area contributed by atoms with Crippen LogP contribution in [0.15, 0.2) is 60.8 Å². The van der Waals surface area contributed by atoms with Crippen LogP contribution in [0.1, 0.15) is 15.9 Å². The molecule has 0 radical (unpaired) electrons. The first-order valence-corrected chi connectivity index (χ1v) is 9.22. The number of H-pyrrole nitrogens is 1. The molecule has 2 aromatic carbocycles. The van der Waals surface area contributed by atoms with Gasteiger partial charge in [-0.3, -0.25) is 9.78 Å². The Morgan fingerprint density at radius 2 is 2.14 bits per heavy atom. The summed E-state index contributed by atoms with van der Waals surface area (Å²) in [6.07, 6.45) is 1.78. The number of amides is 1. The van der Waals surface area contributed by atoms with E-state index in [0.29, 0.717) is 23.4 Å². The molecule has 2 aromatic heterocycles. The Hall–Kier alpha value is -4.11. The van der Waals surface area contributed by atoms with E-state index in [1.807, 2.05) is 36.4 Å². The van der Waals surface area contributed by atoms with Gasteiger partial charge in [-0.1, -0.05) is 18.7 Å². The Kier molecular flexibility index (Phi) is 3.65. The number of rotatable bonds is 3. The van der Waals surface area contributed by atoms with Crippen molar-refractivity contribution in [2.45, 2.75) is 6.54 Å². The number of carbonyl (C=O) groups excluding carboxylic acids is 1. The second-order valence-corrected chi connectivity index (χ2v) is 7.22. The summed E-state index contributed by atoms with van der Waals surface area (Å²) in [6.45, 7) is 4.30. The SMILES string of the molecule is C=C(C#N)CN1Cc2c(-c3ccc4[nH]c5cccnc5c4c3)ccc(N)c2C1=O. The van der Waals surface area contributed by atoms with Gasteiger partial charge in [-0.05, 0) is 47.0 Å². The molecule has 1 aliphatic heterocycles. The number of benzene rings is 2. The standard InChI is InChI=1S/C23H17N5O/c1-13(10-24)11-28-12-17-15(5-6-18(25)21(17)23(28)29)14-4-7-19-16(9-14)22-20(27-19)3-2-8-26-22/h2-9,27H,1,11-12,25H2. The van der Waals surface area contributed by atoms with Gasteiger partial charge in [-0.2, -0.15) is 5.26 Å². The predicted octanol–water partition coefficient (Wildman–Crippen LogP) is 4.00. The van der Waals surface area contributed by atoms with E-state index in [1.54, 1.807) is 17.2 Å². The van der Waals surface area contributed by atoms with Crippen molar-refractivity contribution in [3.8, 4) is 17.2 Å². The molecule has 0 spiro atoms. The fraction of sp³-hybridized carbons (Fsp3) is 0.0870. The van der Waals surface area contributed by atoms with E-state index in [1.165, 1.54) is 0 Å². The maximum Gasteiger partial charge on any atom is 0.256 e. The molecule has 3 N–H and O–H groups in total. The molecular formula is C23H17N5O. The maximum absolute atomic E-state index is 12.9. The van der Waals surface area contributed by atoms with Crippen molar-refractivity contribution in [1.29, 1.82) is 5.26 Å². The second kappa shape index (κ2) is 6.21. The minimum Gasteiger partial charge on any atom is -0.398 e. The van der Waals surface area contributed by atoms with E-state index < -0.39 is 0 Å². The van der Waals surface area contributed by atoms with Gasteiger partial charge in [0.25, 0.3) is 5.91 Å². The van der Waals surface area contributed by atoms with Crippen LogP contribution < -0.4 is 5.73 Å². The number of aromatic nitrogens is 2. The van der Waals surface area contributed by atoms with Gasteiger partial charge in [0.1, 0.15) is 0 Å². The lowest BCUT2D eigenvalue weighted by atomic mass is 9.95. The van der Waals surface area contributed by atoms with E-state index >= 15 is 0 Å². The number of nitrogens with one attached hydrogen (secondary N) is 1. The number of aromatic amines is 1. The summed E-state index contributed by atoms with van der Waals surface area (Å²) in [5.41, 5.74) is 13.2. The predicted molar refractivity (Wildman–Crippen MR) is 113 cm³/mol. The highest BCUT2D eigenvalue weighted by molar-refractivity contribution is 6.08. The number of hydrogen-bond acceptors (Lipinski definition) is 4. The third kappa shape index (κ3) is 2.56. The third-order valence-electron chi connectivity index (χ3n) is 5.40. The Bertz CT molecular complexity index is 1380. The molecule has 0 atom stereocenters. The number of pyridine rings is 1. The van der Waals surface area contributed by atoms with Crippen LogP contribution in [0.5, 0.6) is 0 Å². The van der Waals surface area contributed by atoms with Crippen molar-refractivity contribution >= 4 is 33.5 Å². The Morgan fingerprint density at radius 3 is 2.97 bits per heavy atom. The van der Waals surface area contributed by atoms with E-state index in [-0.39, 0.29) is 12.5 Å². The quantitative estimate of drug-likeness (QED) is 0.415. The zero-order chi connectivity index (χ0) is 20.1. The summed E-state index contributed by atoms with van der Waals surface area (Å²) in [5, 5.41) is 10.1. The van der Waals surface area contributed by atoms with Crippen molar-refractivity contribution < 1.29 is 4.79 Å². The number of nitrogens with two attached hydrogens (primary N) is 1. The molecule has 0 aliphatic carbocycles. The molecule has 3 heterocycles. The number of anilines is 1. The minimum absolute atomic E-state index is 0.161. The molecule has 1 amide bonds. The Labute approximate surface area is 166 Å². The zero-order valence-electron chi connectivity index (χ0n) is 15.6. The highest BCUT2D eigenvalue weighted by atomic mass is 16.2. The fourth-order valence-electron chi connectivity index (χ4n) is 4.05. The molecule has 0 unspecified atom stereocenters. The molecule has 140 valence electrons. The van der Waals surface area contributed by atoms with Crippen LogP contribution in [0.2, 0.25) is 0 Å². The summed E-state index contributed by atoms with van der Waals surface area (Å²) in [6, 6.07) is 15.8. The number of carbonyl (C=O) groups is 1. The first-order chi connectivity index (χ1) is 14.1. The highest BCUT2D eigenvalue weighted by Gasteiger charge is 2.32. The molecule has 0 saturated heterocycles. The molecular weight excluding hydrogens is 362 g/mol. The normalized spacial score (nSPS) is 13.1. The number of nitrogens with zero attached hydrogens (tertiary/aromatic N) is 3. The van der Waals surface area contributed by atoms with Crippen molar-refractivity contribution in [3.05, 3.63) is 71.9 Å². The number of fused-ring (bicyclic) bond motifs is 4. The van der Waals surface area contributed by atoms with E-state index in [0.717, 1.165) is 38.6 Å². The first kappa shape index (κ1) is 17.0. The van der Waals surface area contributed by atoms with Crippen LogP contribution >= 0.6 is 0 Å². The van der Waals surface area contributed by atoms with Crippen LogP contribution in [-0.2, 0) is 6.54 Å². The smallest absolute Gasteiger partial charge is 0.256 e. The zero-order valence-corrected chi connectivity index (χ0v) is 15.6. The number of nitrogen functional groups attached to an aromatic ring is 1. The molecule has 0 bridgehead atoms. The minimum atomic E-state index is -0.161. The van der Waals surface area contributed by atoms with Gasteiger partial charge in [0.2, 0.25) is 0 Å². The van der Waals surface area contributed by atoms with Crippen molar-refractivity contribution in [2.75, 3.05) is 12.3 Å². The Balaban J connectivity index is 1.66. The lowest BCUT2D eigenvalue weighted by Gasteiger charge is -2.14. The average molecular weight is 379 g/mol. The summed E-state index contributed by atoms with van der Waals surface area (Å²) in [5.74, 6) is -0.161. The summed E-state index contributed by atoms with van der Waals surface area (Å²) in [4.78, 5) is 22.4. The van der Waals surface area contributed by atoms with E-state index in [4.69, 9.17) is 11.0 Å². The fourth-order valence-corrected chi connectivity index (χ4v) is 4.05. The van der Waals surface area contributed by atoms with E-state index in [9.17, 15) is 4.79 Å². The van der Waals surface area contributed by atoms with Crippen LogP contribution in [0, 0.1) is 11.3 Å². The summed E-state index contributed by atoms with van der Waals surface area (Å²) in [7, 11) is 0. The van der Waals surface area contributed by atoms with Crippen LogP contribution in [0.4, 0.5) is 5.69 Å². The average Bonchev–Trinajstić information content (AvgIpc) is 3.26. The molecule has 6 nitrogen and oxygen atoms in total. The van der Waals surface area contributed by atoms with Crippen molar-refractivity contribution in [3.63, 3.8) is 0 Å². The van der Waals surface area contributed by atoms with Crippen molar-refractivity contribution in [1.82, 2.24) is 14.9 Å². The summed E-state index contributed by atoms with van der Waals surface area (Å²) >= 11 is 0. The third-order valence-corrected chi connectivity index (χ3v) is 5.40. The van der Waals surface area contributed by atoms with Gasteiger partial charge >= 0.3 is 0 Å². The Morgan fingerprint density at radius 1 is 1.28 bits per heavy atom. The molecule has 29 heavy (non-hydrogen) atoms. The number of hydrogen-bond donors (Lipinski definition) is 2. The van der Waals surface area contributed by atoms with Gasteiger partial charge in [-0.25, -0.2) is 0 Å². The van der Waals surface area contributed by atoms with Gasteiger partial charge in [0, 0.05) is 34.9 Å².